The third-order valence-electron chi connectivity index (χ3n) is 4.71. The number of halogens is 3. The molecule has 0 unspecified atom stereocenters. The van der Waals surface area contributed by atoms with Gasteiger partial charge in [0.2, 0.25) is 0 Å². The normalized spacial score (nSPS) is 11.6. The minimum absolute atomic E-state index is 0.396. The fourth-order valence-electron chi connectivity index (χ4n) is 3.56. The van der Waals surface area contributed by atoms with Gasteiger partial charge in [0.1, 0.15) is 17.5 Å². The summed E-state index contributed by atoms with van der Waals surface area (Å²) in [6.45, 7) is 0. The molecule has 0 saturated carbocycles. The second-order valence-corrected chi connectivity index (χ2v) is 9.01. The van der Waals surface area contributed by atoms with Crippen LogP contribution in [0, 0.1) is 17.5 Å². The lowest BCUT2D eigenvalue weighted by Gasteiger charge is -2.37. The molecule has 3 radical (unpaired) electrons. The Labute approximate surface area is 185 Å². The summed E-state index contributed by atoms with van der Waals surface area (Å²) in [4.78, 5) is 0. The molecule has 163 valence electrons. The van der Waals surface area contributed by atoms with Crippen molar-refractivity contribution in [3.05, 3.63) is 107 Å². The third-order valence-corrected chi connectivity index (χ3v) is 4.71. The van der Waals surface area contributed by atoms with Crippen LogP contribution in [0.4, 0.5) is 13.2 Å². The van der Waals surface area contributed by atoms with Gasteiger partial charge in [-0.1, -0.05) is 42.8 Å². The number of hydrogen-bond acceptors (Lipinski definition) is 0. The number of hydrogen-bond donors (Lipinski definition) is 0. The first-order valence-corrected chi connectivity index (χ1v) is 10.3. The van der Waals surface area contributed by atoms with Crippen molar-refractivity contribution in [3.63, 3.8) is 0 Å². The molecule has 0 spiro atoms. The molecule has 0 amide bonds. The standard InChI is InChI=1S/C22H18BF3.C4H12N/c23-12-4-11-22(16-5-1-8-19(24)13-16,17-6-2-9-20(25)14-17)18-7-3-10-21(26)15-18;1-5(2,3)4/h1-3,5-10,13-15H,4,11-12H2;1-4H3/q-1;+1. The Bertz CT molecular complexity index is 865. The van der Waals surface area contributed by atoms with Gasteiger partial charge in [-0.25, -0.2) is 13.2 Å². The molecule has 0 bridgehead atoms. The van der Waals surface area contributed by atoms with Crippen LogP contribution in [-0.4, -0.2) is 40.5 Å². The second kappa shape index (κ2) is 10.7. The fraction of sp³-hybridized carbons (Fsp3) is 0.308. The fourth-order valence-corrected chi connectivity index (χ4v) is 3.56. The Morgan fingerprint density at radius 1 is 0.677 bits per heavy atom. The van der Waals surface area contributed by atoms with E-state index in [1.807, 2.05) is 0 Å². The molecular weight excluding hydrogens is 394 g/mol. The summed E-state index contributed by atoms with van der Waals surface area (Å²) in [6, 6.07) is 18.5. The smallest absolute Gasteiger partial charge is 0.123 e. The van der Waals surface area contributed by atoms with Gasteiger partial charge in [-0.15, -0.1) is 0 Å². The van der Waals surface area contributed by atoms with E-state index in [1.54, 1.807) is 36.4 Å². The van der Waals surface area contributed by atoms with Crippen LogP contribution >= 0.6 is 0 Å². The molecule has 0 saturated heterocycles. The van der Waals surface area contributed by atoms with Gasteiger partial charge in [-0.2, -0.15) is 0 Å². The average molecular weight is 424 g/mol. The van der Waals surface area contributed by atoms with E-state index in [0.717, 1.165) is 4.48 Å². The average Bonchev–Trinajstić information content (AvgIpc) is 2.68. The highest BCUT2D eigenvalue weighted by Gasteiger charge is 2.36. The lowest BCUT2D eigenvalue weighted by molar-refractivity contribution is -0.849. The van der Waals surface area contributed by atoms with Gasteiger partial charge in [0, 0.05) is 5.41 Å². The summed E-state index contributed by atoms with van der Waals surface area (Å²) in [5.41, 5.74) is 1.03. The molecule has 0 aliphatic heterocycles. The van der Waals surface area contributed by atoms with E-state index in [9.17, 15) is 13.2 Å². The van der Waals surface area contributed by atoms with Crippen LogP contribution in [0.2, 0.25) is 6.32 Å². The minimum atomic E-state index is -0.897. The Hall–Kier alpha value is -2.53. The molecule has 3 aromatic rings. The largest absolute Gasteiger partial charge is 0.626 e. The number of nitrogens with zero attached hydrogens (tertiary/aromatic N) is 1. The summed E-state index contributed by atoms with van der Waals surface area (Å²) in [5, 5.41) is 0. The molecule has 3 aromatic carbocycles. The van der Waals surface area contributed by atoms with Crippen LogP contribution in [0.1, 0.15) is 29.5 Å². The van der Waals surface area contributed by atoms with E-state index in [1.165, 1.54) is 36.4 Å². The third kappa shape index (κ3) is 7.00. The van der Waals surface area contributed by atoms with Gasteiger partial charge in [-0.05, 0) is 59.5 Å². The first-order valence-electron chi connectivity index (χ1n) is 10.3. The molecule has 0 aliphatic rings. The van der Waals surface area contributed by atoms with Crippen molar-refractivity contribution in [1.29, 1.82) is 0 Å². The maximum absolute atomic E-state index is 14.0. The number of benzene rings is 3. The van der Waals surface area contributed by atoms with Crippen LogP contribution < -0.4 is 0 Å². The first kappa shape index (κ1) is 24.7. The van der Waals surface area contributed by atoms with Crippen LogP contribution in [0.25, 0.3) is 0 Å². The van der Waals surface area contributed by atoms with Crippen molar-refractivity contribution in [2.24, 2.45) is 0 Å². The molecule has 0 aliphatic carbocycles. The molecule has 0 atom stereocenters. The zero-order chi connectivity index (χ0) is 23.1. The van der Waals surface area contributed by atoms with Gasteiger partial charge >= 0.3 is 0 Å². The quantitative estimate of drug-likeness (QED) is 0.254. The highest BCUT2D eigenvalue weighted by molar-refractivity contribution is 6.08. The summed E-state index contributed by atoms with van der Waals surface area (Å²) < 4.78 is 43.1. The van der Waals surface area contributed by atoms with Crippen molar-refractivity contribution in [1.82, 2.24) is 0 Å². The lowest BCUT2D eigenvalue weighted by atomic mass is 9.66. The second-order valence-electron chi connectivity index (χ2n) is 9.01. The molecule has 0 fully saturated rings. The molecule has 0 N–H and O–H groups in total. The molecule has 5 heteroatoms. The molecule has 3 rings (SSSR count). The summed E-state index contributed by atoms with van der Waals surface area (Å²) in [5.74, 6) is -1.19. The minimum Gasteiger partial charge on any atom is -0.626 e. The highest BCUT2D eigenvalue weighted by Crippen LogP contribution is 2.44. The monoisotopic (exact) mass is 424 g/mol. The van der Waals surface area contributed by atoms with E-state index < -0.39 is 22.9 Å². The van der Waals surface area contributed by atoms with Crippen LogP contribution in [-0.2, 0) is 5.41 Å². The predicted molar refractivity (Wildman–Crippen MR) is 123 cm³/mol. The Morgan fingerprint density at radius 3 is 1.26 bits per heavy atom. The Kier molecular flexibility index (Phi) is 8.52. The zero-order valence-electron chi connectivity index (χ0n) is 18.7. The number of rotatable bonds is 6. The van der Waals surface area contributed by atoms with E-state index in [0.29, 0.717) is 35.9 Å². The molecule has 0 aromatic heterocycles. The van der Waals surface area contributed by atoms with E-state index in [-0.39, 0.29) is 0 Å². The van der Waals surface area contributed by atoms with Crippen molar-refractivity contribution in [2.75, 3.05) is 28.2 Å². The SMILES string of the molecule is C[N+](C)(C)C.[B-]CCCC(c1cccc(F)c1)(c1cccc(F)c1)c1cccc(F)c1. The van der Waals surface area contributed by atoms with E-state index >= 15 is 0 Å². The molecular formula is C26H30BF3N. The molecule has 0 heterocycles. The van der Waals surface area contributed by atoms with Gasteiger partial charge in [0.05, 0.1) is 28.2 Å². The van der Waals surface area contributed by atoms with Gasteiger partial charge < -0.3 is 12.3 Å². The van der Waals surface area contributed by atoms with Crippen molar-refractivity contribution < 1.29 is 17.7 Å². The van der Waals surface area contributed by atoms with Crippen molar-refractivity contribution in [2.45, 2.75) is 24.6 Å². The van der Waals surface area contributed by atoms with Gasteiger partial charge in [0.25, 0.3) is 0 Å². The Balaban J connectivity index is 0.000000614. The topological polar surface area (TPSA) is 0 Å². The molecule has 1 nitrogen and oxygen atoms in total. The Morgan fingerprint density at radius 2 is 1.00 bits per heavy atom. The van der Waals surface area contributed by atoms with Crippen molar-refractivity contribution >= 4 is 7.85 Å². The zero-order valence-corrected chi connectivity index (χ0v) is 18.7. The maximum Gasteiger partial charge on any atom is 0.123 e. The summed E-state index contributed by atoms with van der Waals surface area (Å²) in [7, 11) is 14.2. The van der Waals surface area contributed by atoms with E-state index in [4.69, 9.17) is 7.85 Å². The van der Waals surface area contributed by atoms with Gasteiger partial charge in [-0.3, -0.25) is 6.32 Å². The number of quaternary nitrogens is 1. The summed E-state index contributed by atoms with van der Waals surface area (Å²) in [6.07, 6.45) is 1.53. The lowest BCUT2D eigenvalue weighted by Crippen LogP contribution is -2.30. The highest BCUT2D eigenvalue weighted by atomic mass is 19.1. The van der Waals surface area contributed by atoms with E-state index in [2.05, 4.69) is 28.2 Å². The molecule has 31 heavy (non-hydrogen) atoms. The van der Waals surface area contributed by atoms with Crippen molar-refractivity contribution in [3.8, 4) is 0 Å². The predicted octanol–water partition coefficient (Wildman–Crippen LogP) is 6.13. The van der Waals surface area contributed by atoms with Crippen LogP contribution in [0.15, 0.2) is 72.8 Å². The first-order chi connectivity index (χ1) is 14.6. The van der Waals surface area contributed by atoms with Crippen LogP contribution in [0.3, 0.4) is 0 Å². The maximum atomic E-state index is 14.0. The summed E-state index contributed by atoms with van der Waals surface area (Å²) >= 11 is 0. The van der Waals surface area contributed by atoms with Crippen LogP contribution in [0.5, 0.6) is 0 Å². The van der Waals surface area contributed by atoms with Gasteiger partial charge in [0.15, 0.2) is 0 Å².